The fraction of sp³-hybridized carbons (Fsp3) is 0.241. The monoisotopic (exact) mass is 527 g/mol. The molecule has 10 heteroatoms. The number of hydrogen-bond donors (Lipinski definition) is 3. The number of halogens is 1. The standard InChI is InChI=1S/C29H23BFNO7/c1-13-9-23(34)20-12-19-17(24(26(20)27(13)35)14-5-8-22(33)21(31)10-14)6-7-18-25(19)29(37)32(28(18)36)16-4-2-3-15(11-16)30(38)39/h2-6,8-11,18-19,24-25,33,38-39H,7,12H2,1H3/t18-,19+,24-,25-/m0/s1. The van der Waals surface area contributed by atoms with E-state index in [1.165, 1.54) is 42.5 Å². The third kappa shape index (κ3) is 3.74. The molecule has 0 unspecified atom stereocenters. The Morgan fingerprint density at radius 2 is 1.77 bits per heavy atom. The van der Waals surface area contributed by atoms with E-state index in [-0.39, 0.29) is 52.3 Å². The first-order valence-electron chi connectivity index (χ1n) is 12.6. The molecule has 1 aliphatic heterocycles. The van der Waals surface area contributed by atoms with Crippen molar-refractivity contribution in [1.82, 2.24) is 0 Å². The molecule has 196 valence electrons. The van der Waals surface area contributed by atoms with Gasteiger partial charge in [-0.1, -0.05) is 29.8 Å². The lowest BCUT2D eigenvalue weighted by Gasteiger charge is -2.42. The molecule has 4 atom stereocenters. The topological polar surface area (TPSA) is 132 Å². The zero-order valence-corrected chi connectivity index (χ0v) is 20.8. The molecule has 2 amide bonds. The molecular formula is C29H23BFNO7. The molecule has 3 N–H and O–H groups in total. The summed E-state index contributed by atoms with van der Waals surface area (Å²) in [5.41, 5.74) is 2.11. The largest absolute Gasteiger partial charge is 0.505 e. The third-order valence-corrected chi connectivity index (χ3v) is 8.30. The summed E-state index contributed by atoms with van der Waals surface area (Å²) in [6.07, 6.45) is 3.37. The van der Waals surface area contributed by atoms with Crippen molar-refractivity contribution in [2.75, 3.05) is 4.90 Å². The van der Waals surface area contributed by atoms with Gasteiger partial charge in [-0.3, -0.25) is 24.1 Å². The van der Waals surface area contributed by atoms with Crippen LogP contribution in [-0.2, 0) is 19.2 Å². The van der Waals surface area contributed by atoms with Crippen molar-refractivity contribution in [3.8, 4) is 5.75 Å². The van der Waals surface area contributed by atoms with Crippen LogP contribution in [0.5, 0.6) is 5.75 Å². The van der Waals surface area contributed by atoms with Gasteiger partial charge in [0.15, 0.2) is 23.1 Å². The molecule has 1 fully saturated rings. The molecule has 3 aliphatic carbocycles. The van der Waals surface area contributed by atoms with Crippen molar-refractivity contribution in [2.24, 2.45) is 17.8 Å². The van der Waals surface area contributed by atoms with Crippen molar-refractivity contribution in [3.05, 3.63) is 88.3 Å². The van der Waals surface area contributed by atoms with Crippen LogP contribution >= 0.6 is 0 Å². The molecule has 1 heterocycles. The van der Waals surface area contributed by atoms with Gasteiger partial charge in [0.25, 0.3) is 0 Å². The molecule has 1 saturated heterocycles. The molecule has 6 rings (SSSR count). The van der Waals surface area contributed by atoms with Crippen LogP contribution in [0.1, 0.15) is 31.2 Å². The molecule has 2 aromatic rings. The highest BCUT2D eigenvalue weighted by molar-refractivity contribution is 6.58. The Morgan fingerprint density at radius 3 is 2.49 bits per heavy atom. The Labute approximate surface area is 222 Å². The number of allylic oxidation sites excluding steroid dienone is 6. The summed E-state index contributed by atoms with van der Waals surface area (Å²) in [7, 11) is -1.78. The van der Waals surface area contributed by atoms with E-state index in [4.69, 9.17) is 0 Å². The van der Waals surface area contributed by atoms with Crippen LogP contribution in [0.4, 0.5) is 10.1 Å². The summed E-state index contributed by atoms with van der Waals surface area (Å²) in [6.45, 7) is 1.55. The van der Waals surface area contributed by atoms with Crippen molar-refractivity contribution in [3.63, 3.8) is 0 Å². The predicted molar refractivity (Wildman–Crippen MR) is 138 cm³/mol. The van der Waals surface area contributed by atoms with Gasteiger partial charge in [0.05, 0.1) is 17.5 Å². The Morgan fingerprint density at radius 1 is 1.00 bits per heavy atom. The number of nitrogens with zero attached hydrogens (tertiary/aromatic N) is 1. The van der Waals surface area contributed by atoms with E-state index in [1.54, 1.807) is 6.92 Å². The number of phenolic OH excluding ortho intramolecular Hbond substituents is 1. The third-order valence-electron chi connectivity index (χ3n) is 8.30. The van der Waals surface area contributed by atoms with Crippen LogP contribution in [-0.4, -0.2) is 45.7 Å². The maximum absolute atomic E-state index is 14.5. The van der Waals surface area contributed by atoms with Gasteiger partial charge in [0, 0.05) is 22.6 Å². The minimum absolute atomic E-state index is 0.0794. The van der Waals surface area contributed by atoms with E-state index in [2.05, 4.69) is 0 Å². The highest BCUT2D eigenvalue weighted by Gasteiger charge is 2.56. The first-order chi connectivity index (χ1) is 18.6. The molecule has 0 bridgehead atoms. The van der Waals surface area contributed by atoms with E-state index < -0.39 is 54.2 Å². The van der Waals surface area contributed by atoms with Crippen molar-refractivity contribution < 1.29 is 38.7 Å². The fourth-order valence-corrected chi connectivity index (χ4v) is 6.52. The average Bonchev–Trinajstić information content (AvgIpc) is 3.17. The number of imide groups is 1. The van der Waals surface area contributed by atoms with Crippen molar-refractivity contribution in [2.45, 2.75) is 25.7 Å². The fourth-order valence-electron chi connectivity index (χ4n) is 6.52. The quantitative estimate of drug-likeness (QED) is 0.240. The lowest BCUT2D eigenvalue weighted by molar-refractivity contribution is -0.123. The van der Waals surface area contributed by atoms with E-state index in [9.17, 15) is 38.7 Å². The minimum atomic E-state index is -1.78. The Hall–Kier alpha value is -4.15. The highest BCUT2D eigenvalue weighted by Crippen LogP contribution is 2.55. The number of anilines is 1. The number of amides is 2. The Kier molecular flexibility index (Phi) is 5.78. The summed E-state index contributed by atoms with van der Waals surface area (Å²) < 4.78 is 14.5. The van der Waals surface area contributed by atoms with Gasteiger partial charge < -0.3 is 15.2 Å². The summed E-state index contributed by atoms with van der Waals surface area (Å²) in [6, 6.07) is 9.69. The zero-order chi connectivity index (χ0) is 27.7. The summed E-state index contributed by atoms with van der Waals surface area (Å²) in [5, 5.41) is 28.9. The van der Waals surface area contributed by atoms with Gasteiger partial charge >= 0.3 is 7.12 Å². The number of rotatable bonds is 3. The Balaban J connectivity index is 1.47. The maximum Gasteiger partial charge on any atom is 0.488 e. The second kappa shape index (κ2) is 8.96. The van der Waals surface area contributed by atoms with Crippen LogP contribution in [0.2, 0.25) is 0 Å². The molecule has 4 aliphatic rings. The first-order valence-corrected chi connectivity index (χ1v) is 12.6. The van der Waals surface area contributed by atoms with Gasteiger partial charge in [0.2, 0.25) is 11.8 Å². The normalized spacial score (nSPS) is 26.2. The van der Waals surface area contributed by atoms with Crippen molar-refractivity contribution >= 4 is 41.6 Å². The van der Waals surface area contributed by atoms with Gasteiger partial charge in [-0.05, 0) is 67.1 Å². The second-order valence-corrected chi connectivity index (χ2v) is 10.4. The summed E-state index contributed by atoms with van der Waals surface area (Å²) in [4.78, 5) is 54.9. The molecular weight excluding hydrogens is 504 g/mol. The van der Waals surface area contributed by atoms with Gasteiger partial charge in [-0.15, -0.1) is 0 Å². The number of benzene rings is 2. The van der Waals surface area contributed by atoms with Crippen molar-refractivity contribution in [1.29, 1.82) is 0 Å². The lowest BCUT2D eigenvalue weighted by Crippen LogP contribution is -2.40. The van der Waals surface area contributed by atoms with Gasteiger partial charge in [-0.2, -0.15) is 0 Å². The van der Waals surface area contributed by atoms with Gasteiger partial charge in [-0.25, -0.2) is 4.39 Å². The maximum atomic E-state index is 14.5. The number of hydrogen-bond acceptors (Lipinski definition) is 7. The second-order valence-electron chi connectivity index (χ2n) is 10.4. The molecule has 2 aromatic carbocycles. The molecule has 39 heavy (non-hydrogen) atoms. The van der Waals surface area contributed by atoms with E-state index >= 15 is 0 Å². The SMILES string of the molecule is CC1=CC(=O)C2=C(C1=O)[C@@H](c1ccc(O)c(F)c1)C1=CC[C@@H]3C(=O)N(c4cccc(B(O)O)c4)C(=O)[C@@H]3[C@@H]1C2. The molecule has 8 nitrogen and oxygen atoms in total. The highest BCUT2D eigenvalue weighted by atomic mass is 19.1. The lowest BCUT2D eigenvalue weighted by atomic mass is 9.59. The number of fused-ring (bicyclic) bond motifs is 3. The summed E-state index contributed by atoms with van der Waals surface area (Å²) in [5.74, 6) is -5.98. The smallest absolute Gasteiger partial charge is 0.488 e. The zero-order valence-electron chi connectivity index (χ0n) is 20.8. The van der Waals surface area contributed by atoms with Crippen LogP contribution < -0.4 is 10.4 Å². The average molecular weight is 527 g/mol. The number of phenols is 1. The van der Waals surface area contributed by atoms with E-state index in [0.717, 1.165) is 11.0 Å². The number of aromatic hydroxyl groups is 1. The minimum Gasteiger partial charge on any atom is -0.505 e. The first kappa shape index (κ1) is 25.2. The van der Waals surface area contributed by atoms with E-state index in [1.807, 2.05) is 6.08 Å². The number of carbonyl (C=O) groups is 4. The summed E-state index contributed by atoms with van der Waals surface area (Å²) >= 11 is 0. The van der Waals surface area contributed by atoms with Crippen LogP contribution in [0, 0.1) is 23.6 Å². The molecule has 0 aromatic heterocycles. The molecule has 0 saturated carbocycles. The Bertz CT molecular complexity index is 1590. The van der Waals surface area contributed by atoms with Gasteiger partial charge in [0.1, 0.15) is 0 Å². The van der Waals surface area contributed by atoms with Crippen LogP contribution in [0.3, 0.4) is 0 Å². The number of ketones is 2. The van der Waals surface area contributed by atoms with E-state index in [0.29, 0.717) is 11.1 Å². The molecule has 0 radical (unpaired) electrons. The van der Waals surface area contributed by atoms with Crippen LogP contribution in [0.25, 0.3) is 0 Å². The number of Topliss-reactive ketones (excluding diaryl/α,β-unsaturated/α-hetero) is 1. The predicted octanol–water partition coefficient (Wildman–Crippen LogP) is 1.85. The van der Waals surface area contributed by atoms with Crippen LogP contribution in [0.15, 0.2) is 76.9 Å². The number of carbonyl (C=O) groups excluding carboxylic acids is 4. The molecule has 0 spiro atoms.